The molecule has 138 valence electrons. The van der Waals surface area contributed by atoms with E-state index < -0.39 is 18.0 Å². The van der Waals surface area contributed by atoms with Gasteiger partial charge in [-0.3, -0.25) is 0 Å². The van der Waals surface area contributed by atoms with Crippen molar-refractivity contribution in [1.82, 2.24) is 5.32 Å². The molecule has 5 nitrogen and oxygen atoms in total. The number of nitrogens with one attached hydrogen (secondary N) is 2. The normalized spacial score (nSPS) is 11.5. The number of thioether (sulfide) groups is 1. The van der Waals surface area contributed by atoms with E-state index >= 15 is 0 Å². The van der Waals surface area contributed by atoms with Crippen molar-refractivity contribution in [2.75, 3.05) is 17.7 Å². The molecule has 0 saturated carbocycles. The molecule has 0 aromatic heterocycles. The third kappa shape index (κ3) is 6.72. The van der Waals surface area contributed by atoms with Crippen LogP contribution in [0.25, 0.3) is 0 Å². The highest BCUT2D eigenvalue weighted by atomic mass is 79.9. The molecule has 2 aromatic carbocycles. The number of urea groups is 1. The van der Waals surface area contributed by atoms with Crippen molar-refractivity contribution in [3.05, 3.63) is 64.6 Å². The third-order valence-corrected chi connectivity index (χ3v) is 5.19. The topological polar surface area (TPSA) is 67.4 Å². The van der Waals surface area contributed by atoms with Crippen LogP contribution in [0.5, 0.6) is 0 Å². The number of hydrogen-bond donors (Lipinski definition) is 2. The average molecular weight is 437 g/mol. The van der Waals surface area contributed by atoms with E-state index in [9.17, 15) is 9.59 Å². The fraction of sp³-hybridized carbons (Fsp3) is 0.263. The van der Waals surface area contributed by atoms with Crippen LogP contribution in [0.15, 0.2) is 59.1 Å². The molecule has 2 amide bonds. The fourth-order valence-electron chi connectivity index (χ4n) is 2.16. The van der Waals surface area contributed by atoms with Crippen LogP contribution in [0.4, 0.5) is 10.5 Å². The van der Waals surface area contributed by atoms with Crippen LogP contribution in [0.3, 0.4) is 0 Å². The van der Waals surface area contributed by atoms with Crippen molar-refractivity contribution < 1.29 is 14.3 Å². The molecule has 26 heavy (non-hydrogen) atoms. The molecular formula is C19H21BrN2O3S. The molecule has 7 heteroatoms. The minimum Gasteiger partial charge on any atom is -0.464 e. The lowest BCUT2D eigenvalue weighted by Crippen LogP contribution is -2.45. The van der Waals surface area contributed by atoms with Gasteiger partial charge >= 0.3 is 12.0 Å². The summed E-state index contributed by atoms with van der Waals surface area (Å²) in [5.41, 5.74) is 1.79. The monoisotopic (exact) mass is 436 g/mol. The van der Waals surface area contributed by atoms with Crippen molar-refractivity contribution in [2.45, 2.75) is 18.7 Å². The summed E-state index contributed by atoms with van der Waals surface area (Å²) in [5.74, 6) is 0.747. The van der Waals surface area contributed by atoms with Crippen molar-refractivity contribution in [3.8, 4) is 0 Å². The smallest absolute Gasteiger partial charge is 0.329 e. The number of amides is 2. The quantitative estimate of drug-likeness (QED) is 0.600. The average Bonchev–Trinajstić information content (AvgIpc) is 2.64. The molecule has 0 aliphatic rings. The Balaban J connectivity index is 1.92. The van der Waals surface area contributed by atoms with E-state index in [0.717, 1.165) is 15.8 Å². The lowest BCUT2D eigenvalue weighted by Gasteiger charge is -2.18. The number of anilines is 1. The molecule has 0 spiro atoms. The first-order chi connectivity index (χ1) is 12.6. The zero-order valence-electron chi connectivity index (χ0n) is 14.4. The van der Waals surface area contributed by atoms with E-state index in [2.05, 4.69) is 26.6 Å². The van der Waals surface area contributed by atoms with Crippen LogP contribution in [0.2, 0.25) is 0 Å². The highest BCUT2D eigenvalue weighted by molar-refractivity contribution is 9.10. The molecular weight excluding hydrogens is 416 g/mol. The maximum absolute atomic E-state index is 12.3. The number of esters is 1. The summed E-state index contributed by atoms with van der Waals surface area (Å²) in [7, 11) is 0. The molecule has 0 aliphatic heterocycles. The molecule has 2 N–H and O–H groups in total. The lowest BCUT2D eigenvalue weighted by atomic mass is 10.2. The summed E-state index contributed by atoms with van der Waals surface area (Å²) in [6.45, 7) is 2.01. The Labute approximate surface area is 166 Å². The molecule has 0 radical (unpaired) electrons. The Morgan fingerprint density at radius 2 is 1.81 bits per heavy atom. The van der Waals surface area contributed by atoms with Gasteiger partial charge in [-0.05, 0) is 40.5 Å². The first-order valence-electron chi connectivity index (χ1n) is 8.20. The second-order valence-electron chi connectivity index (χ2n) is 5.38. The van der Waals surface area contributed by atoms with E-state index in [4.69, 9.17) is 4.74 Å². The number of halogens is 1. The molecule has 0 fully saturated rings. The van der Waals surface area contributed by atoms with Gasteiger partial charge in [-0.2, -0.15) is 11.8 Å². The van der Waals surface area contributed by atoms with Crippen molar-refractivity contribution in [3.63, 3.8) is 0 Å². The Hall–Kier alpha value is -1.99. The molecule has 0 saturated heterocycles. The largest absolute Gasteiger partial charge is 0.464 e. The van der Waals surface area contributed by atoms with Crippen LogP contribution in [0.1, 0.15) is 12.5 Å². The number of para-hydroxylation sites is 1. The number of rotatable bonds is 8. The van der Waals surface area contributed by atoms with E-state index in [1.807, 2.05) is 48.5 Å². The van der Waals surface area contributed by atoms with E-state index in [1.165, 1.54) is 0 Å². The zero-order valence-corrected chi connectivity index (χ0v) is 16.8. The van der Waals surface area contributed by atoms with Crippen LogP contribution >= 0.6 is 27.7 Å². The van der Waals surface area contributed by atoms with Crippen LogP contribution in [-0.4, -0.2) is 30.4 Å². The van der Waals surface area contributed by atoms with E-state index in [1.54, 1.807) is 24.8 Å². The summed E-state index contributed by atoms with van der Waals surface area (Å²) < 4.78 is 5.84. The van der Waals surface area contributed by atoms with Crippen LogP contribution in [0, 0.1) is 0 Å². The predicted molar refractivity (Wildman–Crippen MR) is 109 cm³/mol. The van der Waals surface area contributed by atoms with Crippen molar-refractivity contribution in [2.24, 2.45) is 0 Å². The van der Waals surface area contributed by atoms with E-state index in [-0.39, 0.29) is 6.61 Å². The Morgan fingerprint density at radius 3 is 2.50 bits per heavy atom. The fourth-order valence-corrected chi connectivity index (χ4v) is 3.54. The summed E-state index contributed by atoms with van der Waals surface area (Å²) in [5, 5.41) is 5.43. The molecule has 1 unspecified atom stereocenters. The molecule has 0 aliphatic carbocycles. The minimum absolute atomic E-state index is 0.270. The second-order valence-corrected chi connectivity index (χ2v) is 7.27. The lowest BCUT2D eigenvalue weighted by molar-refractivity contribution is -0.144. The molecule has 1 atom stereocenters. The molecule has 2 aromatic rings. The van der Waals surface area contributed by atoms with Gasteiger partial charge in [0.2, 0.25) is 0 Å². The standard InChI is InChI=1S/C19H21BrN2O3S/c1-2-25-18(23)17(13-26-12-14-8-4-3-5-9-14)22-19(24)21-16-11-7-6-10-15(16)20/h3-11,17H,2,12-13H2,1H3,(H2,21,22,24). The summed E-state index contributed by atoms with van der Waals surface area (Å²) >= 11 is 4.94. The number of benzene rings is 2. The Morgan fingerprint density at radius 1 is 1.12 bits per heavy atom. The van der Waals surface area contributed by atoms with Gasteiger partial charge < -0.3 is 15.4 Å². The highest BCUT2D eigenvalue weighted by Gasteiger charge is 2.22. The molecule has 2 rings (SSSR count). The number of carbonyl (C=O) groups excluding carboxylic acids is 2. The molecule has 0 heterocycles. The van der Waals surface area contributed by atoms with Gasteiger partial charge in [0.05, 0.1) is 12.3 Å². The van der Waals surface area contributed by atoms with Gasteiger partial charge in [-0.25, -0.2) is 9.59 Å². The Bertz CT molecular complexity index is 728. The van der Waals surface area contributed by atoms with Gasteiger partial charge in [0, 0.05) is 16.0 Å². The third-order valence-electron chi connectivity index (χ3n) is 3.39. The number of ether oxygens (including phenoxy) is 1. The highest BCUT2D eigenvalue weighted by Crippen LogP contribution is 2.21. The SMILES string of the molecule is CCOC(=O)C(CSCc1ccccc1)NC(=O)Nc1ccccc1Br. The van der Waals surface area contributed by atoms with E-state index in [0.29, 0.717) is 11.4 Å². The maximum Gasteiger partial charge on any atom is 0.329 e. The van der Waals surface area contributed by atoms with Gasteiger partial charge in [0.1, 0.15) is 6.04 Å². The van der Waals surface area contributed by atoms with Gasteiger partial charge in [-0.15, -0.1) is 0 Å². The van der Waals surface area contributed by atoms with Gasteiger partial charge in [-0.1, -0.05) is 42.5 Å². The van der Waals surface area contributed by atoms with Gasteiger partial charge in [0.15, 0.2) is 0 Å². The minimum atomic E-state index is -0.717. The second kappa shape index (κ2) is 10.9. The summed E-state index contributed by atoms with van der Waals surface area (Å²) in [4.78, 5) is 24.4. The first-order valence-corrected chi connectivity index (χ1v) is 10.1. The van der Waals surface area contributed by atoms with Crippen LogP contribution < -0.4 is 10.6 Å². The van der Waals surface area contributed by atoms with Crippen molar-refractivity contribution in [1.29, 1.82) is 0 Å². The number of carbonyl (C=O) groups is 2. The molecule has 0 bridgehead atoms. The van der Waals surface area contributed by atoms with Crippen molar-refractivity contribution >= 4 is 45.4 Å². The van der Waals surface area contributed by atoms with Crippen LogP contribution in [-0.2, 0) is 15.3 Å². The van der Waals surface area contributed by atoms with Gasteiger partial charge in [0.25, 0.3) is 0 Å². The Kier molecular flexibility index (Phi) is 8.50. The number of hydrogen-bond acceptors (Lipinski definition) is 4. The summed E-state index contributed by atoms with van der Waals surface area (Å²) in [6.07, 6.45) is 0. The zero-order chi connectivity index (χ0) is 18.8. The predicted octanol–water partition coefficient (Wildman–Crippen LogP) is 4.44. The maximum atomic E-state index is 12.3. The first kappa shape index (κ1) is 20.3. The summed E-state index contributed by atoms with van der Waals surface area (Å²) in [6, 6.07) is 16.1.